The van der Waals surface area contributed by atoms with Crippen molar-refractivity contribution in [2.24, 2.45) is 28.9 Å². The Kier molecular flexibility index (Phi) is 8.94. The lowest BCUT2D eigenvalue weighted by Crippen LogP contribution is -2.67. The van der Waals surface area contributed by atoms with Crippen LogP contribution in [0.2, 0.25) is 0 Å². The maximum absolute atomic E-state index is 15.7. The van der Waals surface area contributed by atoms with E-state index in [1.807, 2.05) is 6.07 Å². The Morgan fingerprint density at radius 1 is 0.909 bits per heavy atom. The smallest absolute Gasteiger partial charge is 0.329 e. The van der Waals surface area contributed by atoms with Gasteiger partial charge in [-0.25, -0.2) is 23.7 Å². The number of aryl methyl sites for hydroxylation is 1. The zero-order chi connectivity index (χ0) is 45.7. The SMILES string of the molecule is Cn1nc(N2CCC(=O)NC2=O)c2cc(F)c(N3CC4(CC(N5CCC6(CC5)CC(n5cnc7ccc(Oc8c(F)ccc(C9%10CC9CN(S(N)(=O)=O)C%10)c8C#N)cc7c5=O)C6)C4)C3)cc21. The molecule has 3 amide bonds. The van der Waals surface area contributed by atoms with Gasteiger partial charge in [0, 0.05) is 74.5 Å². The lowest BCUT2D eigenvalue weighted by Gasteiger charge is -2.63. The van der Waals surface area contributed by atoms with Crippen molar-refractivity contribution in [3.8, 4) is 17.6 Å². The summed E-state index contributed by atoms with van der Waals surface area (Å²) in [6.07, 6.45) is 8.41. The monoisotopic (exact) mass is 919 g/mol. The minimum atomic E-state index is -3.92. The second kappa shape index (κ2) is 14.2. The van der Waals surface area contributed by atoms with Crippen LogP contribution < -0.4 is 30.6 Å². The number of likely N-dealkylation sites (tertiary alicyclic amines) is 1. The number of hydrogen-bond donors (Lipinski definition) is 2. The van der Waals surface area contributed by atoms with Gasteiger partial charge < -0.3 is 14.5 Å². The van der Waals surface area contributed by atoms with Crippen molar-refractivity contribution in [2.75, 3.05) is 55.6 Å². The van der Waals surface area contributed by atoms with Crippen LogP contribution in [0.4, 0.5) is 25.1 Å². The van der Waals surface area contributed by atoms with Crippen LogP contribution in [0.1, 0.15) is 68.5 Å². The average Bonchev–Trinajstić information content (AvgIpc) is 3.65. The number of nitrogens with zero attached hydrogens (tertiary/aromatic N) is 9. The molecule has 2 spiro atoms. The number of amides is 3. The normalized spacial score (nSPS) is 25.2. The Labute approximate surface area is 377 Å². The molecule has 342 valence electrons. The molecular formula is C46H47F2N11O6S. The largest absolute Gasteiger partial charge is 0.453 e. The zero-order valence-electron chi connectivity index (χ0n) is 36.2. The van der Waals surface area contributed by atoms with E-state index in [4.69, 9.17) is 9.88 Å². The summed E-state index contributed by atoms with van der Waals surface area (Å²) in [5.74, 6) is -1.25. The number of hydrogen-bond acceptors (Lipinski definition) is 11. The molecule has 0 bridgehead atoms. The molecular weight excluding hydrogens is 873 g/mol. The molecule has 17 nitrogen and oxygen atoms in total. The van der Waals surface area contributed by atoms with Crippen LogP contribution in [-0.4, -0.2) is 101 Å². The maximum atomic E-state index is 15.7. The zero-order valence-corrected chi connectivity index (χ0v) is 37.0. The van der Waals surface area contributed by atoms with Gasteiger partial charge in [0.25, 0.3) is 15.8 Å². The Bertz CT molecular complexity index is 3160. The number of piperidine rings is 2. The summed E-state index contributed by atoms with van der Waals surface area (Å²) in [5.41, 5.74) is 1.71. The highest BCUT2D eigenvalue weighted by molar-refractivity contribution is 7.86. The Morgan fingerprint density at radius 2 is 1.67 bits per heavy atom. The molecule has 7 fully saturated rings. The molecule has 3 aliphatic carbocycles. The number of benzene rings is 3. The van der Waals surface area contributed by atoms with Crippen LogP contribution in [0.5, 0.6) is 11.5 Å². The first-order valence-electron chi connectivity index (χ1n) is 22.5. The summed E-state index contributed by atoms with van der Waals surface area (Å²) in [6.45, 7) is 4.09. The molecule has 7 aliphatic rings. The molecule has 3 N–H and O–H groups in total. The molecule has 20 heteroatoms. The number of ether oxygens (including phenoxy) is 1. The van der Waals surface area contributed by atoms with E-state index in [1.165, 1.54) is 27.4 Å². The summed E-state index contributed by atoms with van der Waals surface area (Å²) in [6, 6.07) is 12.8. The fourth-order valence-corrected chi connectivity index (χ4v) is 13.3. The molecule has 5 aromatic rings. The fraction of sp³-hybridized carbons (Fsp3) is 0.478. The maximum Gasteiger partial charge on any atom is 0.329 e. The van der Waals surface area contributed by atoms with Gasteiger partial charge in [0.15, 0.2) is 17.4 Å². The summed E-state index contributed by atoms with van der Waals surface area (Å²) in [5, 5.41) is 23.3. The van der Waals surface area contributed by atoms with Gasteiger partial charge in [-0.05, 0) is 111 Å². The lowest BCUT2D eigenvalue weighted by atomic mass is 9.57. The molecule has 4 aliphatic heterocycles. The van der Waals surface area contributed by atoms with Crippen LogP contribution in [0, 0.1) is 39.7 Å². The Hall–Kier alpha value is -6.01. The lowest BCUT2D eigenvalue weighted by molar-refractivity contribution is -0.120. The fourth-order valence-electron chi connectivity index (χ4n) is 12.5. The van der Waals surface area contributed by atoms with Gasteiger partial charge in [0.05, 0.1) is 28.4 Å². The van der Waals surface area contributed by atoms with Crippen molar-refractivity contribution < 1.29 is 31.5 Å². The van der Waals surface area contributed by atoms with E-state index >= 15 is 8.78 Å². The molecule has 12 rings (SSSR count). The molecule has 2 aromatic heterocycles. The first-order valence-corrected chi connectivity index (χ1v) is 24.0. The topological polar surface area (TPSA) is 205 Å². The van der Waals surface area contributed by atoms with Crippen molar-refractivity contribution in [2.45, 2.75) is 68.9 Å². The molecule has 3 aromatic carbocycles. The van der Waals surface area contributed by atoms with E-state index in [1.54, 1.807) is 40.8 Å². The number of nitrogens with one attached hydrogen (secondary N) is 1. The van der Waals surface area contributed by atoms with Gasteiger partial charge >= 0.3 is 6.03 Å². The van der Waals surface area contributed by atoms with Gasteiger partial charge in [0.1, 0.15) is 23.2 Å². The van der Waals surface area contributed by atoms with Crippen LogP contribution in [0.25, 0.3) is 21.8 Å². The van der Waals surface area contributed by atoms with Crippen molar-refractivity contribution >= 4 is 55.5 Å². The number of urea groups is 1. The summed E-state index contributed by atoms with van der Waals surface area (Å²) >= 11 is 0. The number of rotatable bonds is 8. The molecule has 6 heterocycles. The van der Waals surface area contributed by atoms with Crippen molar-refractivity contribution in [1.29, 1.82) is 5.26 Å². The predicted octanol–water partition coefficient (Wildman–Crippen LogP) is 4.53. The van der Waals surface area contributed by atoms with E-state index < -0.39 is 27.5 Å². The highest BCUT2D eigenvalue weighted by atomic mass is 32.2. The third kappa shape index (κ3) is 6.37. The number of anilines is 2. The van der Waals surface area contributed by atoms with E-state index in [0.717, 1.165) is 64.7 Å². The highest BCUT2D eigenvalue weighted by Gasteiger charge is 2.63. The van der Waals surface area contributed by atoms with E-state index in [-0.39, 0.29) is 83.2 Å². The number of imide groups is 1. The van der Waals surface area contributed by atoms with Gasteiger partial charge in [-0.3, -0.25) is 29.1 Å². The number of carbonyl (C=O) groups is 2. The number of aromatic nitrogens is 4. The molecule has 0 radical (unpaired) electrons. The number of fused-ring (bicyclic) bond motifs is 3. The van der Waals surface area contributed by atoms with Crippen LogP contribution in [0.3, 0.4) is 0 Å². The third-order valence-corrected chi connectivity index (χ3v) is 17.2. The third-order valence-electron chi connectivity index (χ3n) is 16.3. The second-order valence-electron chi connectivity index (χ2n) is 20.1. The van der Waals surface area contributed by atoms with Gasteiger partial charge in [-0.1, -0.05) is 6.07 Å². The molecule has 4 saturated heterocycles. The minimum Gasteiger partial charge on any atom is -0.453 e. The van der Waals surface area contributed by atoms with Crippen molar-refractivity contribution in [1.82, 2.24) is 33.9 Å². The van der Waals surface area contributed by atoms with Gasteiger partial charge in [0.2, 0.25) is 5.91 Å². The van der Waals surface area contributed by atoms with E-state index in [2.05, 4.69) is 31.3 Å². The van der Waals surface area contributed by atoms with Crippen LogP contribution in [0.15, 0.2) is 53.6 Å². The molecule has 66 heavy (non-hydrogen) atoms. The standard InChI is InChI=1S/C46H47F2N11O6S/c1-54-37-14-38(35(48)13-31(37)41(53-54)58-9-6-39(60)52-43(58)62)56-22-45(23-56)16-27(17-45)55-10-7-44(8-11-55)18-28(19-44)59-25-51-36-5-2-29(12-30(36)42(59)61)65-40-32(20-49)33(3-4-34(40)47)46-15-26(46)21-57(24-46)66(50,63)64/h2-5,12-14,25-28H,6-11,15-19,21-24H2,1H3,(H2,50,63,64)(H,52,60,62). The average molecular weight is 920 g/mol. The van der Waals surface area contributed by atoms with Gasteiger partial charge in [-0.15, -0.1) is 0 Å². The molecule has 3 saturated carbocycles. The van der Waals surface area contributed by atoms with E-state index in [0.29, 0.717) is 51.3 Å². The quantitative estimate of drug-likeness (QED) is 0.221. The summed E-state index contributed by atoms with van der Waals surface area (Å²) in [4.78, 5) is 48.9. The Balaban J connectivity index is 0.667. The van der Waals surface area contributed by atoms with Crippen LogP contribution in [-0.2, 0) is 27.5 Å². The van der Waals surface area contributed by atoms with Crippen LogP contribution >= 0.6 is 0 Å². The molecule has 2 atom stereocenters. The van der Waals surface area contributed by atoms with E-state index in [9.17, 15) is 28.1 Å². The first kappa shape index (κ1) is 41.4. The predicted molar refractivity (Wildman–Crippen MR) is 237 cm³/mol. The molecule has 2 unspecified atom stereocenters. The van der Waals surface area contributed by atoms with Crippen molar-refractivity contribution in [3.63, 3.8) is 0 Å². The summed E-state index contributed by atoms with van der Waals surface area (Å²) in [7, 11) is -2.15. The minimum absolute atomic E-state index is 0.000629. The summed E-state index contributed by atoms with van der Waals surface area (Å²) < 4.78 is 65.8. The number of carbonyl (C=O) groups excluding carboxylic acids is 2. The second-order valence-corrected chi connectivity index (χ2v) is 21.6. The highest BCUT2D eigenvalue weighted by Crippen LogP contribution is 2.61. The Morgan fingerprint density at radius 3 is 2.38 bits per heavy atom. The van der Waals surface area contributed by atoms with Gasteiger partial charge in [-0.2, -0.15) is 23.1 Å². The number of nitriles is 1. The number of nitrogens with two attached hydrogens (primary N) is 1. The van der Waals surface area contributed by atoms with Crippen molar-refractivity contribution in [3.05, 3.63) is 81.9 Å². The number of halogens is 2. The first-order chi connectivity index (χ1) is 31.5.